The van der Waals surface area contributed by atoms with Crippen molar-refractivity contribution in [3.8, 4) is 17.2 Å². The summed E-state index contributed by atoms with van der Waals surface area (Å²) in [5, 5.41) is 0. The molecule has 5 heteroatoms. The SMILES string of the molecule is COc1ccc(CCC(=O)N(C)Cc2ccc(OC)c(OC)c2)cc1C. The lowest BCUT2D eigenvalue weighted by Crippen LogP contribution is -2.26. The van der Waals surface area contributed by atoms with Crippen LogP contribution in [0.5, 0.6) is 17.2 Å². The summed E-state index contributed by atoms with van der Waals surface area (Å²) in [6, 6.07) is 11.7. The van der Waals surface area contributed by atoms with E-state index in [1.54, 1.807) is 26.2 Å². The quantitative estimate of drug-likeness (QED) is 0.724. The predicted octanol–water partition coefficient (Wildman–Crippen LogP) is 3.61. The van der Waals surface area contributed by atoms with E-state index in [0.717, 1.165) is 22.4 Å². The van der Waals surface area contributed by atoms with Gasteiger partial charge in [0.2, 0.25) is 5.91 Å². The van der Waals surface area contributed by atoms with E-state index in [0.29, 0.717) is 30.9 Å². The van der Waals surface area contributed by atoms with Gasteiger partial charge >= 0.3 is 0 Å². The molecule has 26 heavy (non-hydrogen) atoms. The second kappa shape index (κ2) is 9.13. The largest absolute Gasteiger partial charge is 0.496 e. The molecular weight excluding hydrogens is 330 g/mol. The van der Waals surface area contributed by atoms with Crippen LogP contribution in [0.2, 0.25) is 0 Å². The van der Waals surface area contributed by atoms with Gasteiger partial charge in [-0.25, -0.2) is 0 Å². The van der Waals surface area contributed by atoms with Crippen LogP contribution in [0.25, 0.3) is 0 Å². The van der Waals surface area contributed by atoms with Crippen LogP contribution in [0.15, 0.2) is 36.4 Å². The molecule has 0 saturated carbocycles. The number of carbonyl (C=O) groups is 1. The van der Waals surface area contributed by atoms with Crippen molar-refractivity contribution in [2.75, 3.05) is 28.4 Å². The maximum absolute atomic E-state index is 12.5. The molecule has 2 rings (SSSR count). The second-order valence-corrected chi connectivity index (χ2v) is 6.24. The van der Waals surface area contributed by atoms with E-state index in [9.17, 15) is 4.79 Å². The average molecular weight is 357 g/mol. The minimum Gasteiger partial charge on any atom is -0.496 e. The minimum atomic E-state index is 0.105. The molecule has 0 aromatic heterocycles. The summed E-state index contributed by atoms with van der Waals surface area (Å²) < 4.78 is 15.8. The number of carbonyl (C=O) groups excluding carboxylic acids is 1. The summed E-state index contributed by atoms with van der Waals surface area (Å²) in [7, 11) is 6.69. The van der Waals surface area contributed by atoms with E-state index < -0.39 is 0 Å². The molecule has 1 amide bonds. The Morgan fingerprint density at radius 2 is 1.50 bits per heavy atom. The molecule has 5 nitrogen and oxygen atoms in total. The molecule has 0 saturated heterocycles. The summed E-state index contributed by atoms with van der Waals surface area (Å²) in [5.74, 6) is 2.32. The molecule has 0 radical (unpaired) electrons. The average Bonchev–Trinajstić information content (AvgIpc) is 2.65. The van der Waals surface area contributed by atoms with E-state index in [4.69, 9.17) is 14.2 Å². The molecule has 0 unspecified atom stereocenters. The van der Waals surface area contributed by atoms with Gasteiger partial charge in [-0.15, -0.1) is 0 Å². The van der Waals surface area contributed by atoms with Crippen LogP contribution >= 0.6 is 0 Å². The van der Waals surface area contributed by atoms with Gasteiger partial charge in [0.15, 0.2) is 11.5 Å². The van der Waals surface area contributed by atoms with Crippen LogP contribution in [-0.2, 0) is 17.8 Å². The molecule has 0 aliphatic rings. The smallest absolute Gasteiger partial charge is 0.222 e. The van der Waals surface area contributed by atoms with E-state index in [2.05, 4.69) is 6.07 Å². The molecule has 140 valence electrons. The third-order valence-corrected chi connectivity index (χ3v) is 4.38. The highest BCUT2D eigenvalue weighted by Gasteiger charge is 2.12. The van der Waals surface area contributed by atoms with Crippen molar-refractivity contribution in [2.45, 2.75) is 26.3 Å². The van der Waals surface area contributed by atoms with Gasteiger partial charge in [0.25, 0.3) is 0 Å². The van der Waals surface area contributed by atoms with Crippen molar-refractivity contribution >= 4 is 5.91 Å². The van der Waals surface area contributed by atoms with Crippen LogP contribution in [-0.4, -0.2) is 39.2 Å². The lowest BCUT2D eigenvalue weighted by Gasteiger charge is -2.18. The number of ether oxygens (including phenoxy) is 3. The second-order valence-electron chi connectivity index (χ2n) is 6.24. The maximum atomic E-state index is 12.5. The monoisotopic (exact) mass is 357 g/mol. The van der Waals surface area contributed by atoms with E-state index in [1.807, 2.05) is 44.3 Å². The Kier molecular flexibility index (Phi) is 6.89. The highest BCUT2D eigenvalue weighted by Crippen LogP contribution is 2.28. The molecule has 2 aromatic rings. The fourth-order valence-electron chi connectivity index (χ4n) is 2.88. The summed E-state index contributed by atoms with van der Waals surface area (Å²) in [4.78, 5) is 14.2. The van der Waals surface area contributed by atoms with Gasteiger partial charge in [0.05, 0.1) is 21.3 Å². The van der Waals surface area contributed by atoms with E-state index in [-0.39, 0.29) is 5.91 Å². The van der Waals surface area contributed by atoms with Gasteiger partial charge in [0, 0.05) is 20.0 Å². The van der Waals surface area contributed by atoms with Crippen LogP contribution in [0.3, 0.4) is 0 Å². The van der Waals surface area contributed by atoms with Crippen LogP contribution < -0.4 is 14.2 Å². The van der Waals surface area contributed by atoms with Gasteiger partial charge < -0.3 is 19.1 Å². The van der Waals surface area contributed by atoms with Crippen molar-refractivity contribution < 1.29 is 19.0 Å². The van der Waals surface area contributed by atoms with E-state index in [1.165, 1.54) is 0 Å². The molecule has 0 atom stereocenters. The topological polar surface area (TPSA) is 48.0 Å². The molecule has 0 aliphatic carbocycles. The zero-order valence-corrected chi connectivity index (χ0v) is 16.2. The highest BCUT2D eigenvalue weighted by molar-refractivity contribution is 5.76. The van der Waals surface area contributed by atoms with Crippen molar-refractivity contribution in [1.82, 2.24) is 4.90 Å². The van der Waals surface area contributed by atoms with Crippen LogP contribution in [0.1, 0.15) is 23.1 Å². The molecule has 2 aromatic carbocycles. The summed E-state index contributed by atoms with van der Waals surface area (Å²) >= 11 is 0. The van der Waals surface area contributed by atoms with Gasteiger partial charge in [-0.05, 0) is 48.2 Å². The van der Waals surface area contributed by atoms with Gasteiger partial charge in [0.1, 0.15) is 5.75 Å². The van der Waals surface area contributed by atoms with Crippen molar-refractivity contribution in [3.05, 3.63) is 53.1 Å². The summed E-state index contributed by atoms with van der Waals surface area (Å²) in [5.41, 5.74) is 3.21. The fraction of sp³-hybridized carbons (Fsp3) is 0.381. The maximum Gasteiger partial charge on any atom is 0.222 e. The number of benzene rings is 2. The summed E-state index contributed by atoms with van der Waals surface area (Å²) in [6.07, 6.45) is 1.18. The third kappa shape index (κ3) is 4.91. The molecule has 0 spiro atoms. The molecule has 0 heterocycles. The Bertz CT molecular complexity index is 758. The van der Waals surface area contributed by atoms with Gasteiger partial charge in [-0.3, -0.25) is 4.79 Å². The minimum absolute atomic E-state index is 0.105. The number of rotatable bonds is 8. The van der Waals surface area contributed by atoms with Crippen LogP contribution in [0, 0.1) is 6.92 Å². The Morgan fingerprint density at radius 3 is 2.12 bits per heavy atom. The highest BCUT2D eigenvalue weighted by atomic mass is 16.5. The molecule has 0 N–H and O–H groups in total. The summed E-state index contributed by atoms with van der Waals surface area (Å²) in [6.45, 7) is 2.54. The van der Waals surface area contributed by atoms with Crippen molar-refractivity contribution in [1.29, 1.82) is 0 Å². The van der Waals surface area contributed by atoms with Gasteiger partial charge in [-0.1, -0.05) is 18.2 Å². The standard InChI is InChI=1S/C21H27NO4/c1-15-12-16(6-9-18(15)24-3)8-11-21(23)22(2)14-17-7-10-19(25-4)20(13-17)26-5/h6-7,9-10,12-13H,8,11,14H2,1-5H3. The first kappa shape index (κ1) is 19.6. The normalized spacial score (nSPS) is 10.3. The predicted molar refractivity (Wildman–Crippen MR) is 102 cm³/mol. The number of nitrogens with zero attached hydrogens (tertiary/aromatic N) is 1. The Hall–Kier alpha value is -2.69. The first-order valence-electron chi connectivity index (χ1n) is 8.57. The Morgan fingerprint density at radius 1 is 0.885 bits per heavy atom. The Labute approximate surface area is 155 Å². The molecule has 0 fully saturated rings. The number of hydrogen-bond acceptors (Lipinski definition) is 4. The zero-order valence-electron chi connectivity index (χ0n) is 16.2. The van der Waals surface area contributed by atoms with E-state index >= 15 is 0 Å². The fourth-order valence-corrected chi connectivity index (χ4v) is 2.88. The Balaban J connectivity index is 1.94. The first-order chi connectivity index (χ1) is 12.5. The van der Waals surface area contributed by atoms with Crippen molar-refractivity contribution in [2.24, 2.45) is 0 Å². The molecular formula is C21H27NO4. The number of hydrogen-bond donors (Lipinski definition) is 0. The number of methoxy groups -OCH3 is 3. The molecule has 0 bridgehead atoms. The first-order valence-corrected chi connectivity index (χ1v) is 8.57. The van der Waals surface area contributed by atoms with Gasteiger partial charge in [-0.2, -0.15) is 0 Å². The molecule has 0 aliphatic heterocycles. The zero-order chi connectivity index (χ0) is 19.1. The lowest BCUT2D eigenvalue weighted by molar-refractivity contribution is -0.130. The third-order valence-electron chi connectivity index (χ3n) is 4.38. The number of aryl methyl sites for hydroxylation is 2. The van der Waals surface area contributed by atoms with Crippen LogP contribution in [0.4, 0.5) is 0 Å². The lowest BCUT2D eigenvalue weighted by atomic mass is 10.1. The number of amides is 1. The van der Waals surface area contributed by atoms with Crippen molar-refractivity contribution in [3.63, 3.8) is 0 Å².